The van der Waals surface area contributed by atoms with Gasteiger partial charge in [-0.25, -0.2) is 4.79 Å². The molecule has 0 unspecified atom stereocenters. The molecular weight excluding hydrogens is 284 g/mol. The van der Waals surface area contributed by atoms with Gasteiger partial charge in [-0.3, -0.25) is 0 Å². The minimum Gasteiger partial charge on any atom is -0.442 e. The molecule has 0 fully saturated rings. The summed E-state index contributed by atoms with van der Waals surface area (Å²) >= 11 is 3.14. The van der Waals surface area contributed by atoms with Crippen LogP contribution < -0.4 is 4.74 Å². The van der Waals surface area contributed by atoms with Gasteiger partial charge in [0.15, 0.2) is 4.67 Å². The monoisotopic (exact) mass is 294 g/mol. The number of halogens is 1. The Bertz CT molecular complexity index is 558. The molecule has 0 bridgehead atoms. The maximum Gasteiger partial charge on any atom is 0.379 e. The van der Waals surface area contributed by atoms with Crippen LogP contribution >= 0.6 is 15.9 Å². The van der Waals surface area contributed by atoms with Gasteiger partial charge in [0.1, 0.15) is 5.75 Å². The van der Waals surface area contributed by atoms with Crippen LogP contribution in [0.2, 0.25) is 0 Å². The van der Waals surface area contributed by atoms with Gasteiger partial charge in [-0.2, -0.15) is 0 Å². The standard InChI is InChI=1S/C13H11BrO3/c1-8-3-4-9(2)11(7-8)17-13(15)10-5-6-12(14)16-10/h3-7H,1-2H3. The summed E-state index contributed by atoms with van der Waals surface area (Å²) < 4.78 is 10.9. The van der Waals surface area contributed by atoms with Gasteiger partial charge in [-0.05, 0) is 59.1 Å². The molecule has 0 saturated heterocycles. The van der Waals surface area contributed by atoms with E-state index >= 15 is 0 Å². The third-order valence-corrected chi connectivity index (χ3v) is 2.75. The molecule has 0 radical (unpaired) electrons. The fraction of sp³-hybridized carbons (Fsp3) is 0.154. The molecule has 17 heavy (non-hydrogen) atoms. The molecule has 0 aliphatic rings. The molecule has 0 saturated carbocycles. The quantitative estimate of drug-likeness (QED) is 0.623. The molecular formula is C13H11BrO3. The first-order valence-corrected chi connectivity index (χ1v) is 5.90. The van der Waals surface area contributed by atoms with E-state index in [0.717, 1.165) is 11.1 Å². The second-order valence-electron chi connectivity index (χ2n) is 3.76. The molecule has 0 amide bonds. The van der Waals surface area contributed by atoms with Gasteiger partial charge in [0.05, 0.1) is 0 Å². The Morgan fingerprint density at radius 1 is 1.24 bits per heavy atom. The van der Waals surface area contributed by atoms with Crippen molar-refractivity contribution in [3.8, 4) is 5.75 Å². The van der Waals surface area contributed by atoms with Crippen molar-refractivity contribution in [1.82, 2.24) is 0 Å². The average Bonchev–Trinajstić information content (AvgIpc) is 2.70. The van der Waals surface area contributed by atoms with Crippen molar-refractivity contribution in [3.63, 3.8) is 0 Å². The molecule has 0 spiro atoms. The number of hydrogen-bond donors (Lipinski definition) is 0. The SMILES string of the molecule is Cc1ccc(C)c(OC(=O)c2ccc(Br)o2)c1. The van der Waals surface area contributed by atoms with Crippen molar-refractivity contribution in [2.45, 2.75) is 13.8 Å². The molecule has 0 N–H and O–H groups in total. The Kier molecular flexibility index (Phi) is 3.33. The van der Waals surface area contributed by atoms with Crippen LogP contribution in [0.15, 0.2) is 39.4 Å². The lowest BCUT2D eigenvalue weighted by atomic mass is 10.1. The van der Waals surface area contributed by atoms with E-state index in [1.54, 1.807) is 12.1 Å². The van der Waals surface area contributed by atoms with Gasteiger partial charge in [0.25, 0.3) is 0 Å². The molecule has 1 aromatic carbocycles. The zero-order chi connectivity index (χ0) is 12.4. The summed E-state index contributed by atoms with van der Waals surface area (Å²) in [7, 11) is 0. The van der Waals surface area contributed by atoms with E-state index in [2.05, 4.69) is 15.9 Å². The molecule has 2 aromatic rings. The molecule has 4 heteroatoms. The van der Waals surface area contributed by atoms with Crippen LogP contribution in [0.4, 0.5) is 0 Å². The first-order valence-electron chi connectivity index (χ1n) is 5.11. The number of ether oxygens (including phenoxy) is 1. The summed E-state index contributed by atoms with van der Waals surface area (Å²) in [6, 6.07) is 8.93. The number of aryl methyl sites for hydroxylation is 2. The van der Waals surface area contributed by atoms with E-state index in [4.69, 9.17) is 9.15 Å². The molecule has 2 rings (SSSR count). The zero-order valence-corrected chi connectivity index (χ0v) is 11.1. The molecule has 88 valence electrons. The van der Waals surface area contributed by atoms with Crippen LogP contribution in [-0.4, -0.2) is 5.97 Å². The summed E-state index contributed by atoms with van der Waals surface area (Å²) in [6.45, 7) is 3.83. The second kappa shape index (κ2) is 4.75. The number of carbonyl (C=O) groups excluding carboxylic acids is 1. The summed E-state index contributed by atoms with van der Waals surface area (Å²) in [5, 5.41) is 0. The van der Waals surface area contributed by atoms with Crippen molar-refractivity contribution < 1.29 is 13.9 Å². The highest BCUT2D eigenvalue weighted by Crippen LogP contribution is 2.21. The third kappa shape index (κ3) is 2.77. The minimum atomic E-state index is -0.496. The normalized spacial score (nSPS) is 10.3. The van der Waals surface area contributed by atoms with Gasteiger partial charge in [0, 0.05) is 0 Å². The zero-order valence-electron chi connectivity index (χ0n) is 9.49. The van der Waals surface area contributed by atoms with Crippen molar-refractivity contribution in [2.24, 2.45) is 0 Å². The Balaban J connectivity index is 2.21. The predicted molar refractivity (Wildman–Crippen MR) is 67.3 cm³/mol. The smallest absolute Gasteiger partial charge is 0.379 e. The lowest BCUT2D eigenvalue weighted by Gasteiger charge is -2.06. The number of esters is 1. The van der Waals surface area contributed by atoms with Crippen molar-refractivity contribution in [1.29, 1.82) is 0 Å². The predicted octanol–water partition coefficient (Wildman–Crippen LogP) is 3.88. The van der Waals surface area contributed by atoms with E-state index in [9.17, 15) is 4.79 Å². The lowest BCUT2D eigenvalue weighted by molar-refractivity contribution is 0.0698. The topological polar surface area (TPSA) is 39.4 Å². The van der Waals surface area contributed by atoms with Crippen LogP contribution in [0.25, 0.3) is 0 Å². The molecule has 0 aliphatic carbocycles. The van der Waals surface area contributed by atoms with Gasteiger partial charge in [0.2, 0.25) is 5.76 Å². The highest BCUT2D eigenvalue weighted by atomic mass is 79.9. The van der Waals surface area contributed by atoms with E-state index in [0.29, 0.717) is 10.4 Å². The van der Waals surface area contributed by atoms with Crippen molar-refractivity contribution in [3.05, 3.63) is 51.9 Å². The Labute approximate surface area is 108 Å². The van der Waals surface area contributed by atoms with Crippen molar-refractivity contribution >= 4 is 21.9 Å². The number of hydrogen-bond acceptors (Lipinski definition) is 3. The highest BCUT2D eigenvalue weighted by Gasteiger charge is 2.14. The number of rotatable bonds is 2. The Morgan fingerprint density at radius 2 is 2.00 bits per heavy atom. The fourth-order valence-corrected chi connectivity index (χ4v) is 1.70. The van der Waals surface area contributed by atoms with E-state index in [1.807, 2.05) is 32.0 Å². The maximum atomic E-state index is 11.8. The second-order valence-corrected chi connectivity index (χ2v) is 4.54. The van der Waals surface area contributed by atoms with Crippen molar-refractivity contribution in [2.75, 3.05) is 0 Å². The van der Waals surface area contributed by atoms with Gasteiger partial charge in [-0.1, -0.05) is 12.1 Å². The molecule has 1 aromatic heterocycles. The van der Waals surface area contributed by atoms with Crippen LogP contribution in [0, 0.1) is 13.8 Å². The van der Waals surface area contributed by atoms with Crippen LogP contribution in [-0.2, 0) is 0 Å². The van der Waals surface area contributed by atoms with Gasteiger partial charge >= 0.3 is 5.97 Å². The maximum absolute atomic E-state index is 11.8. The average molecular weight is 295 g/mol. The van der Waals surface area contributed by atoms with Gasteiger partial charge < -0.3 is 9.15 Å². The number of furan rings is 1. The number of carbonyl (C=O) groups is 1. The summed E-state index contributed by atoms with van der Waals surface area (Å²) in [6.07, 6.45) is 0. The first kappa shape index (κ1) is 11.9. The molecule has 0 atom stereocenters. The molecule has 3 nitrogen and oxygen atoms in total. The summed E-state index contributed by atoms with van der Waals surface area (Å²) in [5.74, 6) is 0.240. The number of benzene rings is 1. The van der Waals surface area contributed by atoms with Crippen LogP contribution in [0.1, 0.15) is 21.7 Å². The largest absolute Gasteiger partial charge is 0.442 e. The van der Waals surface area contributed by atoms with Crippen LogP contribution in [0.5, 0.6) is 5.75 Å². The van der Waals surface area contributed by atoms with E-state index < -0.39 is 5.97 Å². The van der Waals surface area contributed by atoms with E-state index in [-0.39, 0.29) is 5.76 Å². The Morgan fingerprint density at radius 3 is 2.65 bits per heavy atom. The van der Waals surface area contributed by atoms with Crippen LogP contribution in [0.3, 0.4) is 0 Å². The third-order valence-electron chi connectivity index (χ3n) is 2.32. The minimum absolute atomic E-state index is 0.179. The fourth-order valence-electron chi connectivity index (χ4n) is 1.39. The first-order chi connectivity index (χ1) is 8.06. The highest BCUT2D eigenvalue weighted by molar-refractivity contribution is 9.10. The molecule has 1 heterocycles. The lowest BCUT2D eigenvalue weighted by Crippen LogP contribution is -2.08. The molecule has 0 aliphatic heterocycles. The summed E-state index contributed by atoms with van der Waals surface area (Å²) in [5.41, 5.74) is 1.95. The summed E-state index contributed by atoms with van der Waals surface area (Å²) in [4.78, 5) is 11.8. The van der Waals surface area contributed by atoms with E-state index in [1.165, 1.54) is 0 Å². The Hall–Kier alpha value is -1.55. The van der Waals surface area contributed by atoms with Gasteiger partial charge in [-0.15, -0.1) is 0 Å².